The van der Waals surface area contributed by atoms with Crippen LogP contribution >= 0.6 is 0 Å². The van der Waals surface area contributed by atoms with Crippen molar-refractivity contribution in [1.29, 1.82) is 0 Å². The SMILES string of the molecule is CCCCC/C=C/CC/C=C/C=C/C(=O)O. The number of aliphatic carboxylic acids is 1. The van der Waals surface area contributed by atoms with E-state index >= 15 is 0 Å². The molecule has 0 unspecified atom stereocenters. The van der Waals surface area contributed by atoms with Crippen LogP contribution in [0.1, 0.15) is 45.4 Å². The Kier molecular flexibility index (Phi) is 10.8. The number of unbranched alkanes of at least 4 members (excludes halogenated alkanes) is 4. The van der Waals surface area contributed by atoms with Crippen LogP contribution in [0.4, 0.5) is 0 Å². The first kappa shape index (κ1) is 14.7. The van der Waals surface area contributed by atoms with E-state index in [4.69, 9.17) is 5.11 Å². The lowest BCUT2D eigenvalue weighted by Crippen LogP contribution is -1.84. The van der Waals surface area contributed by atoms with Crippen molar-refractivity contribution in [2.24, 2.45) is 0 Å². The Morgan fingerprint density at radius 1 is 1.00 bits per heavy atom. The summed E-state index contributed by atoms with van der Waals surface area (Å²) in [7, 11) is 0. The molecule has 16 heavy (non-hydrogen) atoms. The number of rotatable bonds is 9. The first-order valence-electron chi connectivity index (χ1n) is 5.98. The van der Waals surface area contributed by atoms with Gasteiger partial charge >= 0.3 is 5.97 Å². The molecule has 0 amide bonds. The van der Waals surface area contributed by atoms with E-state index in [2.05, 4.69) is 19.1 Å². The predicted octanol–water partition coefficient (Wildman–Crippen LogP) is 4.10. The van der Waals surface area contributed by atoms with Crippen LogP contribution in [0.3, 0.4) is 0 Å². The van der Waals surface area contributed by atoms with Crippen molar-refractivity contribution in [1.82, 2.24) is 0 Å². The highest BCUT2D eigenvalue weighted by Crippen LogP contribution is 2.01. The third-order valence-corrected chi connectivity index (χ3v) is 2.13. The van der Waals surface area contributed by atoms with E-state index in [0.717, 1.165) is 18.9 Å². The predicted molar refractivity (Wildman–Crippen MR) is 68.4 cm³/mol. The second-order valence-corrected chi connectivity index (χ2v) is 3.67. The Labute approximate surface area is 98.4 Å². The van der Waals surface area contributed by atoms with Crippen molar-refractivity contribution < 1.29 is 9.90 Å². The van der Waals surface area contributed by atoms with Gasteiger partial charge in [0, 0.05) is 6.08 Å². The van der Waals surface area contributed by atoms with E-state index in [0.29, 0.717) is 0 Å². The summed E-state index contributed by atoms with van der Waals surface area (Å²) < 4.78 is 0. The summed E-state index contributed by atoms with van der Waals surface area (Å²) in [6, 6.07) is 0. The van der Waals surface area contributed by atoms with Crippen LogP contribution in [-0.4, -0.2) is 11.1 Å². The molecule has 0 spiro atoms. The maximum absolute atomic E-state index is 10.1. The van der Waals surface area contributed by atoms with Crippen LogP contribution in [0, 0.1) is 0 Å². The molecular weight excluding hydrogens is 200 g/mol. The molecule has 0 heterocycles. The summed E-state index contributed by atoms with van der Waals surface area (Å²) in [6.07, 6.45) is 17.9. The summed E-state index contributed by atoms with van der Waals surface area (Å²) in [5, 5.41) is 8.33. The average molecular weight is 222 g/mol. The minimum absolute atomic E-state index is 0.902. The maximum Gasteiger partial charge on any atom is 0.328 e. The number of allylic oxidation sites excluding steroid dienone is 5. The molecule has 0 aromatic rings. The van der Waals surface area contributed by atoms with E-state index in [1.165, 1.54) is 25.7 Å². The van der Waals surface area contributed by atoms with Gasteiger partial charge in [-0.2, -0.15) is 0 Å². The number of hydrogen-bond donors (Lipinski definition) is 1. The fourth-order valence-corrected chi connectivity index (χ4v) is 1.25. The third-order valence-electron chi connectivity index (χ3n) is 2.13. The zero-order chi connectivity index (χ0) is 12.1. The fraction of sp³-hybridized carbons (Fsp3) is 0.500. The fourth-order valence-electron chi connectivity index (χ4n) is 1.25. The quantitative estimate of drug-likeness (QED) is 0.276. The first-order chi connectivity index (χ1) is 7.77. The average Bonchev–Trinajstić information content (AvgIpc) is 2.25. The molecule has 90 valence electrons. The number of carbonyl (C=O) groups is 1. The molecule has 0 aliphatic heterocycles. The summed E-state index contributed by atoms with van der Waals surface area (Å²) in [6.45, 7) is 2.21. The molecule has 2 heteroatoms. The second-order valence-electron chi connectivity index (χ2n) is 3.67. The number of carboxylic acid groups (broad SMARTS) is 1. The molecule has 0 rings (SSSR count). The number of hydrogen-bond acceptors (Lipinski definition) is 1. The Morgan fingerprint density at radius 2 is 1.69 bits per heavy atom. The molecule has 0 aromatic carbocycles. The molecule has 0 saturated heterocycles. The summed E-state index contributed by atoms with van der Waals surface area (Å²) in [5.41, 5.74) is 0. The van der Waals surface area contributed by atoms with Crippen molar-refractivity contribution >= 4 is 5.97 Å². The molecule has 0 aromatic heterocycles. The molecule has 0 saturated carbocycles. The largest absolute Gasteiger partial charge is 0.478 e. The molecule has 2 nitrogen and oxygen atoms in total. The zero-order valence-electron chi connectivity index (χ0n) is 10.1. The molecule has 0 aliphatic rings. The molecule has 1 N–H and O–H groups in total. The van der Waals surface area contributed by atoms with Crippen LogP contribution in [0.5, 0.6) is 0 Å². The Hall–Kier alpha value is -1.31. The highest BCUT2D eigenvalue weighted by molar-refractivity contribution is 5.80. The lowest BCUT2D eigenvalue weighted by molar-refractivity contribution is -0.131. The molecular formula is C14H22O2. The molecule has 0 fully saturated rings. The first-order valence-corrected chi connectivity index (χ1v) is 5.98. The summed E-state index contributed by atoms with van der Waals surface area (Å²) >= 11 is 0. The van der Waals surface area contributed by atoms with E-state index in [1.54, 1.807) is 12.2 Å². The monoisotopic (exact) mass is 222 g/mol. The van der Waals surface area contributed by atoms with Gasteiger partial charge in [-0.05, 0) is 25.7 Å². The van der Waals surface area contributed by atoms with Crippen molar-refractivity contribution in [3.8, 4) is 0 Å². The van der Waals surface area contributed by atoms with Gasteiger partial charge in [0.05, 0.1) is 0 Å². The van der Waals surface area contributed by atoms with Crippen molar-refractivity contribution in [3.05, 3.63) is 36.5 Å². The topological polar surface area (TPSA) is 37.3 Å². The lowest BCUT2D eigenvalue weighted by Gasteiger charge is -1.91. The third kappa shape index (κ3) is 12.7. The van der Waals surface area contributed by atoms with Crippen LogP contribution in [0.15, 0.2) is 36.5 Å². The number of carboxylic acids is 1. The molecule has 0 bridgehead atoms. The van der Waals surface area contributed by atoms with Gasteiger partial charge in [0.1, 0.15) is 0 Å². The van der Waals surface area contributed by atoms with E-state index in [1.807, 2.05) is 6.08 Å². The molecule has 0 radical (unpaired) electrons. The van der Waals surface area contributed by atoms with Crippen molar-refractivity contribution in [2.45, 2.75) is 45.4 Å². The standard InChI is InChI=1S/C14H22O2/c1-2-3-4-5-6-7-8-9-10-11-12-13-14(15)16/h6-7,10-13H,2-5,8-9H2,1H3,(H,15,16)/b7-6+,11-10+,13-12+. The van der Waals surface area contributed by atoms with Crippen LogP contribution < -0.4 is 0 Å². The zero-order valence-corrected chi connectivity index (χ0v) is 10.1. The van der Waals surface area contributed by atoms with Crippen LogP contribution in [0.25, 0.3) is 0 Å². The normalized spacial score (nSPS) is 12.1. The Morgan fingerprint density at radius 3 is 2.38 bits per heavy atom. The second kappa shape index (κ2) is 11.8. The lowest BCUT2D eigenvalue weighted by atomic mass is 10.2. The van der Waals surface area contributed by atoms with Gasteiger partial charge in [-0.1, -0.05) is 50.1 Å². The van der Waals surface area contributed by atoms with Crippen molar-refractivity contribution in [3.63, 3.8) is 0 Å². The Balaban J connectivity index is 3.35. The van der Waals surface area contributed by atoms with Gasteiger partial charge in [0.2, 0.25) is 0 Å². The van der Waals surface area contributed by atoms with Gasteiger partial charge in [-0.15, -0.1) is 0 Å². The van der Waals surface area contributed by atoms with Crippen LogP contribution in [-0.2, 0) is 4.79 Å². The van der Waals surface area contributed by atoms with Gasteiger partial charge in [0.15, 0.2) is 0 Å². The van der Waals surface area contributed by atoms with E-state index < -0.39 is 5.97 Å². The van der Waals surface area contributed by atoms with Gasteiger partial charge in [-0.25, -0.2) is 4.79 Å². The van der Waals surface area contributed by atoms with Crippen molar-refractivity contribution in [2.75, 3.05) is 0 Å². The molecule has 0 aliphatic carbocycles. The highest BCUT2D eigenvalue weighted by Gasteiger charge is 1.82. The Bertz CT molecular complexity index is 249. The van der Waals surface area contributed by atoms with E-state index in [-0.39, 0.29) is 0 Å². The minimum Gasteiger partial charge on any atom is -0.478 e. The van der Waals surface area contributed by atoms with Gasteiger partial charge < -0.3 is 5.11 Å². The smallest absolute Gasteiger partial charge is 0.328 e. The van der Waals surface area contributed by atoms with E-state index in [9.17, 15) is 4.79 Å². The maximum atomic E-state index is 10.1. The molecule has 0 atom stereocenters. The van der Waals surface area contributed by atoms with Crippen LogP contribution in [0.2, 0.25) is 0 Å². The van der Waals surface area contributed by atoms with Gasteiger partial charge in [-0.3, -0.25) is 0 Å². The van der Waals surface area contributed by atoms with Gasteiger partial charge in [0.25, 0.3) is 0 Å². The summed E-state index contributed by atoms with van der Waals surface area (Å²) in [4.78, 5) is 10.1. The minimum atomic E-state index is -0.902. The summed E-state index contributed by atoms with van der Waals surface area (Å²) in [5.74, 6) is -0.902. The highest BCUT2D eigenvalue weighted by atomic mass is 16.4.